The zero-order valence-electron chi connectivity index (χ0n) is 18.1. The lowest BCUT2D eigenvalue weighted by molar-refractivity contribution is 0.0652. The van der Waals surface area contributed by atoms with Crippen LogP contribution in [0, 0.1) is 0 Å². The summed E-state index contributed by atoms with van der Waals surface area (Å²) in [5.74, 6) is -1.21. The highest BCUT2D eigenvalue weighted by molar-refractivity contribution is 6.22. The van der Waals surface area contributed by atoms with Crippen LogP contribution in [-0.4, -0.2) is 35.1 Å². The van der Waals surface area contributed by atoms with E-state index < -0.39 is 0 Å². The molecule has 33 heavy (non-hydrogen) atoms. The first-order valence-electron chi connectivity index (χ1n) is 10.7. The van der Waals surface area contributed by atoms with Crippen LogP contribution in [0.15, 0.2) is 65.3 Å². The molecule has 1 aromatic heterocycles. The SMILES string of the molecule is CCCCN1C(=O)c2ccc(C(=O)NCc3cccc(NC(=O)c4ccco4)c3)cc2C1=O. The van der Waals surface area contributed by atoms with Gasteiger partial charge < -0.3 is 15.1 Å². The van der Waals surface area contributed by atoms with E-state index in [2.05, 4.69) is 10.6 Å². The van der Waals surface area contributed by atoms with Gasteiger partial charge in [0.25, 0.3) is 23.6 Å². The second-order valence-corrected chi connectivity index (χ2v) is 7.69. The summed E-state index contributed by atoms with van der Waals surface area (Å²) < 4.78 is 5.08. The zero-order chi connectivity index (χ0) is 23.4. The summed E-state index contributed by atoms with van der Waals surface area (Å²) in [5.41, 5.74) is 2.23. The average Bonchev–Trinajstić information content (AvgIpc) is 3.44. The minimum Gasteiger partial charge on any atom is -0.459 e. The van der Waals surface area contributed by atoms with Crippen molar-refractivity contribution in [2.45, 2.75) is 26.3 Å². The molecule has 0 saturated carbocycles. The zero-order valence-corrected chi connectivity index (χ0v) is 18.1. The van der Waals surface area contributed by atoms with Crippen molar-refractivity contribution in [1.82, 2.24) is 10.2 Å². The van der Waals surface area contributed by atoms with Crippen molar-refractivity contribution < 1.29 is 23.6 Å². The van der Waals surface area contributed by atoms with Crippen LogP contribution in [0.1, 0.15) is 67.0 Å². The van der Waals surface area contributed by atoms with Gasteiger partial charge in [0, 0.05) is 24.3 Å². The summed E-state index contributed by atoms with van der Waals surface area (Å²) in [6.45, 7) is 2.58. The van der Waals surface area contributed by atoms with Crippen LogP contribution >= 0.6 is 0 Å². The normalized spacial score (nSPS) is 12.6. The van der Waals surface area contributed by atoms with Crippen LogP contribution in [0.25, 0.3) is 0 Å². The predicted octanol–water partition coefficient (Wildman–Crippen LogP) is 3.86. The lowest BCUT2D eigenvalue weighted by atomic mass is 10.1. The maximum atomic E-state index is 12.7. The summed E-state index contributed by atoms with van der Waals surface area (Å²) in [6, 6.07) is 14.8. The van der Waals surface area contributed by atoms with Crippen molar-refractivity contribution in [3.05, 3.63) is 88.9 Å². The molecule has 8 nitrogen and oxygen atoms in total. The molecule has 0 bridgehead atoms. The Bertz CT molecular complexity index is 1220. The Morgan fingerprint density at radius 1 is 0.939 bits per heavy atom. The topological polar surface area (TPSA) is 109 Å². The molecule has 0 unspecified atom stereocenters. The van der Waals surface area contributed by atoms with Crippen LogP contribution < -0.4 is 10.6 Å². The number of carbonyl (C=O) groups is 4. The molecule has 2 N–H and O–H groups in total. The van der Waals surface area contributed by atoms with E-state index in [0.29, 0.717) is 23.4 Å². The van der Waals surface area contributed by atoms with Gasteiger partial charge in [-0.3, -0.25) is 24.1 Å². The second-order valence-electron chi connectivity index (χ2n) is 7.69. The van der Waals surface area contributed by atoms with Gasteiger partial charge in [0.15, 0.2) is 5.76 Å². The third-order valence-corrected chi connectivity index (χ3v) is 5.35. The molecule has 168 valence electrons. The van der Waals surface area contributed by atoms with Gasteiger partial charge >= 0.3 is 0 Å². The molecule has 4 rings (SSSR count). The van der Waals surface area contributed by atoms with E-state index >= 15 is 0 Å². The van der Waals surface area contributed by atoms with Gasteiger partial charge in [-0.05, 0) is 54.4 Å². The summed E-state index contributed by atoms with van der Waals surface area (Å²) in [5, 5.41) is 5.55. The molecule has 2 heterocycles. The maximum absolute atomic E-state index is 12.7. The van der Waals surface area contributed by atoms with Gasteiger partial charge in [0.05, 0.1) is 17.4 Å². The van der Waals surface area contributed by atoms with E-state index in [1.165, 1.54) is 23.3 Å². The fraction of sp³-hybridized carbons (Fsp3) is 0.200. The molecule has 8 heteroatoms. The standard InChI is InChI=1S/C25H23N3O5/c1-2-3-11-28-24(31)19-10-9-17(14-20(19)25(28)32)22(29)26-15-16-6-4-7-18(13-16)27-23(30)21-8-5-12-33-21/h4-10,12-14H,2-3,11,15H2,1H3,(H,26,29)(H,27,30). The number of furan rings is 1. The number of imide groups is 1. The number of benzene rings is 2. The molecule has 0 atom stereocenters. The number of fused-ring (bicyclic) bond motifs is 1. The predicted molar refractivity (Wildman–Crippen MR) is 121 cm³/mol. The first kappa shape index (κ1) is 22.0. The van der Waals surface area contributed by atoms with E-state index in [1.54, 1.807) is 36.4 Å². The second kappa shape index (κ2) is 9.52. The highest BCUT2D eigenvalue weighted by atomic mass is 16.3. The van der Waals surface area contributed by atoms with Crippen molar-refractivity contribution in [1.29, 1.82) is 0 Å². The number of carbonyl (C=O) groups excluding carboxylic acids is 4. The van der Waals surface area contributed by atoms with E-state index in [-0.39, 0.29) is 41.5 Å². The lowest BCUT2D eigenvalue weighted by Gasteiger charge is -2.12. The van der Waals surface area contributed by atoms with Gasteiger partial charge in [-0.2, -0.15) is 0 Å². The number of hydrogen-bond donors (Lipinski definition) is 2. The summed E-state index contributed by atoms with van der Waals surface area (Å²) in [4.78, 5) is 51.1. The van der Waals surface area contributed by atoms with Crippen molar-refractivity contribution >= 4 is 29.3 Å². The van der Waals surface area contributed by atoms with E-state index in [1.807, 2.05) is 13.0 Å². The first-order chi connectivity index (χ1) is 16.0. The molecule has 4 amide bonds. The van der Waals surface area contributed by atoms with E-state index in [4.69, 9.17) is 4.42 Å². The van der Waals surface area contributed by atoms with Crippen LogP contribution in [0.4, 0.5) is 5.69 Å². The number of rotatable bonds is 8. The molecule has 0 radical (unpaired) electrons. The Morgan fingerprint density at radius 3 is 2.52 bits per heavy atom. The molecule has 0 spiro atoms. The maximum Gasteiger partial charge on any atom is 0.291 e. The van der Waals surface area contributed by atoms with Crippen molar-refractivity contribution in [2.24, 2.45) is 0 Å². The van der Waals surface area contributed by atoms with Crippen LogP contribution in [0.5, 0.6) is 0 Å². The molecular formula is C25H23N3O5. The third-order valence-electron chi connectivity index (χ3n) is 5.35. The highest BCUT2D eigenvalue weighted by Gasteiger charge is 2.35. The first-order valence-corrected chi connectivity index (χ1v) is 10.7. The number of hydrogen-bond acceptors (Lipinski definition) is 5. The minimum absolute atomic E-state index is 0.201. The van der Waals surface area contributed by atoms with Crippen LogP contribution in [0.2, 0.25) is 0 Å². The van der Waals surface area contributed by atoms with Crippen LogP contribution in [-0.2, 0) is 6.54 Å². The van der Waals surface area contributed by atoms with Crippen molar-refractivity contribution in [2.75, 3.05) is 11.9 Å². The molecular weight excluding hydrogens is 422 g/mol. The monoisotopic (exact) mass is 445 g/mol. The van der Waals surface area contributed by atoms with Crippen molar-refractivity contribution in [3.8, 4) is 0 Å². The van der Waals surface area contributed by atoms with Crippen LogP contribution in [0.3, 0.4) is 0 Å². The highest BCUT2D eigenvalue weighted by Crippen LogP contribution is 2.24. The molecule has 0 aliphatic carbocycles. The lowest BCUT2D eigenvalue weighted by Crippen LogP contribution is -2.30. The number of unbranched alkanes of at least 4 members (excludes halogenated alkanes) is 1. The quantitative estimate of drug-likeness (QED) is 0.512. The molecule has 2 aromatic carbocycles. The third kappa shape index (κ3) is 4.69. The smallest absolute Gasteiger partial charge is 0.291 e. The Labute approximate surface area is 190 Å². The number of amides is 4. The molecule has 1 aliphatic rings. The largest absolute Gasteiger partial charge is 0.459 e. The average molecular weight is 445 g/mol. The minimum atomic E-state index is -0.369. The van der Waals surface area contributed by atoms with Gasteiger partial charge in [0.1, 0.15) is 0 Å². The Hall–Kier alpha value is -4.20. The summed E-state index contributed by atoms with van der Waals surface area (Å²) in [6.07, 6.45) is 3.03. The number of nitrogens with one attached hydrogen (secondary N) is 2. The Morgan fingerprint density at radius 2 is 1.76 bits per heavy atom. The van der Waals surface area contributed by atoms with Crippen molar-refractivity contribution in [3.63, 3.8) is 0 Å². The van der Waals surface area contributed by atoms with Gasteiger partial charge in [-0.1, -0.05) is 25.5 Å². The molecule has 0 fully saturated rings. The number of anilines is 1. The Balaban J connectivity index is 1.40. The molecule has 3 aromatic rings. The molecule has 1 aliphatic heterocycles. The summed E-state index contributed by atoms with van der Waals surface area (Å²) in [7, 11) is 0. The van der Waals surface area contributed by atoms with E-state index in [0.717, 1.165) is 18.4 Å². The van der Waals surface area contributed by atoms with E-state index in [9.17, 15) is 19.2 Å². The summed E-state index contributed by atoms with van der Waals surface area (Å²) >= 11 is 0. The number of nitrogens with zero attached hydrogens (tertiary/aromatic N) is 1. The Kier molecular flexibility index (Phi) is 6.35. The fourth-order valence-electron chi connectivity index (χ4n) is 3.60. The fourth-order valence-corrected chi connectivity index (χ4v) is 3.60. The van der Waals surface area contributed by atoms with Gasteiger partial charge in [-0.15, -0.1) is 0 Å². The van der Waals surface area contributed by atoms with Gasteiger partial charge in [0.2, 0.25) is 0 Å². The molecule has 0 saturated heterocycles. The van der Waals surface area contributed by atoms with Gasteiger partial charge in [-0.25, -0.2) is 0 Å².